The van der Waals surface area contributed by atoms with Gasteiger partial charge in [-0.05, 0) is 74.8 Å². The molecule has 2 aromatic carbocycles. The van der Waals surface area contributed by atoms with E-state index in [1.165, 1.54) is 22.9 Å². The van der Waals surface area contributed by atoms with Crippen molar-refractivity contribution in [1.82, 2.24) is 15.1 Å². The first-order chi connectivity index (χ1) is 20.2. The molecular formula is C33H34F3N3O3. The molecule has 0 radical (unpaired) electrons. The van der Waals surface area contributed by atoms with E-state index in [1.54, 1.807) is 13.0 Å². The first-order valence-electron chi connectivity index (χ1n) is 14.7. The highest BCUT2D eigenvalue weighted by atomic mass is 19.1. The number of rotatable bonds is 7. The van der Waals surface area contributed by atoms with E-state index in [1.807, 2.05) is 19.1 Å². The molecule has 1 N–H and O–H groups in total. The second-order valence-electron chi connectivity index (χ2n) is 12.0. The third-order valence-corrected chi connectivity index (χ3v) is 9.14. The number of amides is 1. The standard InChI is InChI=1S/C33H34F3N3O3/c1-3-42-32(41)27-21-13-14-33(2,18-21)30(27)37-31(40)28-24-10-5-4-8-20(15-19-7-6-9-22(34)16-19)29(24)39(38-28)26-12-11-23(35)17-25(26)36/h6-7,9,11-14,16-17,20-21,27,30H,3-5,8,10,15,18H2,1-2H3,(H,37,40)/t20?,21?,27-,30-,33?/m0/s1. The number of ether oxygens (including phenoxy) is 1. The molecule has 9 heteroatoms. The number of carbonyl (C=O) groups is 2. The average molecular weight is 578 g/mol. The van der Waals surface area contributed by atoms with Crippen LogP contribution in [0.5, 0.6) is 0 Å². The van der Waals surface area contributed by atoms with Gasteiger partial charge in [0.05, 0.1) is 24.3 Å². The molecule has 3 aromatic rings. The molecule has 6 nitrogen and oxygen atoms in total. The van der Waals surface area contributed by atoms with E-state index in [0.29, 0.717) is 24.1 Å². The molecule has 1 heterocycles. The Morgan fingerprint density at radius 2 is 1.93 bits per heavy atom. The van der Waals surface area contributed by atoms with Gasteiger partial charge in [0.25, 0.3) is 5.91 Å². The Morgan fingerprint density at radius 3 is 2.69 bits per heavy atom. The van der Waals surface area contributed by atoms with Gasteiger partial charge in [0.2, 0.25) is 0 Å². The van der Waals surface area contributed by atoms with Gasteiger partial charge in [-0.2, -0.15) is 5.10 Å². The van der Waals surface area contributed by atoms with Crippen molar-refractivity contribution in [2.75, 3.05) is 6.61 Å². The predicted octanol–water partition coefficient (Wildman–Crippen LogP) is 6.22. The van der Waals surface area contributed by atoms with Crippen LogP contribution >= 0.6 is 0 Å². The fraction of sp³-hybridized carbons (Fsp3) is 0.424. The van der Waals surface area contributed by atoms with Crippen molar-refractivity contribution < 1.29 is 27.5 Å². The lowest BCUT2D eigenvalue weighted by Crippen LogP contribution is -2.50. The number of halogens is 3. The van der Waals surface area contributed by atoms with Crippen molar-refractivity contribution in [3.8, 4) is 5.69 Å². The molecular weight excluding hydrogens is 543 g/mol. The lowest BCUT2D eigenvalue weighted by molar-refractivity contribution is -0.149. The van der Waals surface area contributed by atoms with Gasteiger partial charge in [0.15, 0.2) is 11.5 Å². The molecule has 1 fully saturated rings. The fourth-order valence-electron chi connectivity index (χ4n) is 7.26. The van der Waals surface area contributed by atoms with Crippen molar-refractivity contribution in [3.05, 3.63) is 94.6 Å². The maximum atomic E-state index is 15.2. The maximum Gasteiger partial charge on any atom is 0.311 e. The van der Waals surface area contributed by atoms with E-state index in [9.17, 15) is 18.4 Å². The van der Waals surface area contributed by atoms with Gasteiger partial charge >= 0.3 is 5.97 Å². The summed E-state index contributed by atoms with van der Waals surface area (Å²) in [5.74, 6) is -3.37. The number of carbonyl (C=O) groups excluding carboxylic acids is 2. The van der Waals surface area contributed by atoms with Crippen molar-refractivity contribution in [3.63, 3.8) is 0 Å². The van der Waals surface area contributed by atoms with Gasteiger partial charge in [-0.15, -0.1) is 0 Å². The molecule has 1 saturated carbocycles. The van der Waals surface area contributed by atoms with Crippen LogP contribution in [0.25, 0.3) is 5.69 Å². The van der Waals surface area contributed by atoms with Gasteiger partial charge in [-0.3, -0.25) is 9.59 Å². The molecule has 220 valence electrons. The van der Waals surface area contributed by atoms with Crippen LogP contribution in [0.4, 0.5) is 13.2 Å². The molecule has 5 atom stereocenters. The van der Waals surface area contributed by atoms with Crippen LogP contribution in [-0.4, -0.2) is 34.3 Å². The summed E-state index contributed by atoms with van der Waals surface area (Å²) in [7, 11) is 0. The van der Waals surface area contributed by atoms with E-state index in [0.717, 1.165) is 43.4 Å². The Kier molecular flexibility index (Phi) is 7.45. The van der Waals surface area contributed by atoms with Crippen molar-refractivity contribution >= 4 is 11.9 Å². The van der Waals surface area contributed by atoms with Crippen molar-refractivity contribution in [2.45, 2.75) is 64.3 Å². The Labute approximate surface area is 242 Å². The van der Waals surface area contributed by atoms with Crippen LogP contribution in [0.2, 0.25) is 0 Å². The Morgan fingerprint density at radius 1 is 1.12 bits per heavy atom. The summed E-state index contributed by atoms with van der Waals surface area (Å²) >= 11 is 0. The zero-order valence-corrected chi connectivity index (χ0v) is 23.7. The number of nitrogens with one attached hydrogen (secondary N) is 1. The predicted molar refractivity (Wildman–Crippen MR) is 151 cm³/mol. The Bertz CT molecular complexity index is 1570. The minimum atomic E-state index is -0.797. The lowest BCUT2D eigenvalue weighted by Gasteiger charge is -2.33. The fourth-order valence-corrected chi connectivity index (χ4v) is 7.26. The smallest absolute Gasteiger partial charge is 0.311 e. The van der Waals surface area contributed by atoms with Crippen molar-refractivity contribution in [1.29, 1.82) is 0 Å². The molecule has 1 amide bonds. The van der Waals surface area contributed by atoms with Gasteiger partial charge in [-0.1, -0.05) is 37.6 Å². The summed E-state index contributed by atoms with van der Waals surface area (Å²) in [5.41, 5.74) is 1.94. The number of allylic oxidation sites excluding steroid dienone is 1. The minimum absolute atomic E-state index is 0.0296. The molecule has 2 bridgehead atoms. The van der Waals surface area contributed by atoms with Crippen LogP contribution < -0.4 is 5.32 Å². The van der Waals surface area contributed by atoms with Crippen LogP contribution in [0.3, 0.4) is 0 Å². The molecule has 42 heavy (non-hydrogen) atoms. The molecule has 1 aromatic heterocycles. The summed E-state index contributed by atoms with van der Waals surface area (Å²) in [6, 6.07) is 9.17. The Hall–Kier alpha value is -3.88. The number of hydrogen-bond acceptors (Lipinski definition) is 4. The quantitative estimate of drug-likeness (QED) is 0.206. The molecule has 0 aliphatic heterocycles. The summed E-state index contributed by atoms with van der Waals surface area (Å²) in [6.07, 6.45) is 8.22. The van der Waals surface area contributed by atoms with E-state index in [4.69, 9.17) is 4.74 Å². The topological polar surface area (TPSA) is 73.2 Å². The third kappa shape index (κ3) is 5.03. The number of fused-ring (bicyclic) bond motifs is 3. The number of esters is 1. The number of benzene rings is 2. The molecule has 0 spiro atoms. The highest BCUT2D eigenvalue weighted by Crippen LogP contribution is 2.53. The zero-order valence-electron chi connectivity index (χ0n) is 23.7. The zero-order chi connectivity index (χ0) is 29.6. The lowest BCUT2D eigenvalue weighted by atomic mass is 9.80. The molecule has 0 saturated heterocycles. The normalized spacial score (nSPS) is 26.1. The molecule has 3 aliphatic rings. The summed E-state index contributed by atoms with van der Waals surface area (Å²) in [4.78, 5) is 27.0. The molecule has 3 aliphatic carbocycles. The van der Waals surface area contributed by atoms with E-state index < -0.39 is 34.9 Å². The van der Waals surface area contributed by atoms with E-state index in [-0.39, 0.29) is 41.6 Å². The summed E-state index contributed by atoms with van der Waals surface area (Å²) in [5, 5.41) is 7.79. The molecule has 3 unspecified atom stereocenters. The minimum Gasteiger partial charge on any atom is -0.466 e. The average Bonchev–Trinajstić information content (AvgIpc) is 3.54. The third-order valence-electron chi connectivity index (χ3n) is 9.14. The van der Waals surface area contributed by atoms with Crippen LogP contribution in [-0.2, 0) is 22.4 Å². The summed E-state index contributed by atoms with van der Waals surface area (Å²) < 4.78 is 50.0. The number of aromatic nitrogens is 2. The van der Waals surface area contributed by atoms with E-state index in [2.05, 4.69) is 16.5 Å². The van der Waals surface area contributed by atoms with Crippen LogP contribution in [0.15, 0.2) is 54.6 Å². The van der Waals surface area contributed by atoms with Gasteiger partial charge in [-0.25, -0.2) is 17.9 Å². The van der Waals surface area contributed by atoms with E-state index >= 15 is 4.39 Å². The first-order valence-corrected chi connectivity index (χ1v) is 14.7. The van der Waals surface area contributed by atoms with Gasteiger partial charge < -0.3 is 10.1 Å². The van der Waals surface area contributed by atoms with Gasteiger partial charge in [0.1, 0.15) is 17.3 Å². The second kappa shape index (κ2) is 11.1. The Balaban J connectivity index is 1.42. The number of nitrogens with zero attached hydrogens (tertiary/aromatic N) is 2. The second-order valence-corrected chi connectivity index (χ2v) is 12.0. The molecule has 6 rings (SSSR count). The van der Waals surface area contributed by atoms with Gasteiger partial charge in [0, 0.05) is 23.0 Å². The SMILES string of the molecule is CCOC(=O)[C@H]1C2C=CC(C)(C2)[C@H]1NC(=O)c1nn(-c2ccc(F)cc2F)c2c1CCCCC2Cc1cccc(F)c1. The first kappa shape index (κ1) is 28.2. The maximum absolute atomic E-state index is 15.2. The van der Waals surface area contributed by atoms with Crippen LogP contribution in [0, 0.1) is 34.7 Å². The highest BCUT2D eigenvalue weighted by molar-refractivity contribution is 5.95. The highest BCUT2D eigenvalue weighted by Gasteiger charge is 2.56. The largest absolute Gasteiger partial charge is 0.466 e. The number of hydrogen-bond donors (Lipinski definition) is 1. The van der Waals surface area contributed by atoms with Crippen LogP contribution in [0.1, 0.15) is 72.8 Å². The van der Waals surface area contributed by atoms with Crippen molar-refractivity contribution in [2.24, 2.45) is 17.3 Å². The monoisotopic (exact) mass is 577 g/mol. The summed E-state index contributed by atoms with van der Waals surface area (Å²) in [6.45, 7) is 4.03.